The quantitative estimate of drug-likeness (QED) is 0.838. The van der Waals surface area contributed by atoms with Crippen LogP contribution in [-0.4, -0.2) is 49.1 Å². The number of nitrogens with zero attached hydrogens (tertiary/aromatic N) is 2. The van der Waals surface area contributed by atoms with Crippen LogP contribution in [0.3, 0.4) is 0 Å². The summed E-state index contributed by atoms with van der Waals surface area (Å²) in [5, 5.41) is 0. The Morgan fingerprint density at radius 2 is 1.60 bits per heavy atom. The van der Waals surface area contributed by atoms with Gasteiger partial charge < -0.3 is 4.90 Å². The first-order valence-corrected chi connectivity index (χ1v) is 7.53. The number of benzene rings is 1. The molecule has 0 spiro atoms. The molecule has 0 aliphatic carbocycles. The summed E-state index contributed by atoms with van der Waals surface area (Å²) in [5.41, 5.74) is 1.45. The summed E-state index contributed by atoms with van der Waals surface area (Å²) in [6.45, 7) is 11.4. The fourth-order valence-corrected chi connectivity index (χ4v) is 2.96. The number of hydrogen-bond acceptors (Lipinski definition) is 2. The Labute approximate surface area is 122 Å². The Bertz CT molecular complexity index is 414. The third-order valence-corrected chi connectivity index (χ3v) is 4.32. The van der Waals surface area contributed by atoms with Crippen molar-refractivity contribution < 1.29 is 4.39 Å². The lowest BCUT2D eigenvalue weighted by Crippen LogP contribution is -2.53. The predicted octanol–water partition coefficient (Wildman–Crippen LogP) is 3.03. The fourth-order valence-electron chi connectivity index (χ4n) is 2.96. The normalized spacial score (nSPS) is 20.1. The summed E-state index contributed by atoms with van der Waals surface area (Å²) in [6.07, 6.45) is 0.994. The number of halogens is 1. The maximum atomic E-state index is 13.0. The molecule has 1 saturated heterocycles. The fraction of sp³-hybridized carbons (Fsp3) is 0.647. The number of rotatable bonds is 3. The van der Waals surface area contributed by atoms with Gasteiger partial charge in [0.2, 0.25) is 0 Å². The number of piperazine rings is 1. The first-order valence-electron chi connectivity index (χ1n) is 7.53. The SMILES string of the molecule is CN1CCN(C(Cc2ccc(F)cc2)C(C)(C)C)CC1. The first kappa shape index (κ1) is 15.5. The van der Waals surface area contributed by atoms with Gasteiger partial charge in [-0.05, 0) is 36.6 Å². The Morgan fingerprint density at radius 1 is 1.05 bits per heavy atom. The van der Waals surface area contributed by atoms with E-state index in [0.717, 1.165) is 32.6 Å². The molecule has 1 fully saturated rings. The van der Waals surface area contributed by atoms with Crippen LogP contribution in [0.15, 0.2) is 24.3 Å². The van der Waals surface area contributed by atoms with Gasteiger partial charge in [0.05, 0.1) is 0 Å². The van der Waals surface area contributed by atoms with E-state index in [-0.39, 0.29) is 11.2 Å². The van der Waals surface area contributed by atoms with E-state index in [1.165, 1.54) is 5.56 Å². The van der Waals surface area contributed by atoms with Crippen LogP contribution >= 0.6 is 0 Å². The van der Waals surface area contributed by atoms with Crippen LogP contribution in [-0.2, 0) is 6.42 Å². The molecule has 1 atom stereocenters. The van der Waals surface area contributed by atoms with Crippen LogP contribution < -0.4 is 0 Å². The summed E-state index contributed by atoms with van der Waals surface area (Å²) < 4.78 is 13.0. The number of hydrogen-bond donors (Lipinski definition) is 0. The van der Waals surface area contributed by atoms with Crippen molar-refractivity contribution in [2.24, 2.45) is 5.41 Å². The topological polar surface area (TPSA) is 6.48 Å². The lowest BCUT2D eigenvalue weighted by atomic mass is 9.81. The molecule has 1 aliphatic rings. The summed E-state index contributed by atoms with van der Waals surface area (Å²) in [7, 11) is 2.18. The number of likely N-dealkylation sites (N-methyl/N-ethyl adjacent to an activating group) is 1. The Hall–Kier alpha value is -0.930. The average molecular weight is 278 g/mol. The maximum absolute atomic E-state index is 13.0. The van der Waals surface area contributed by atoms with E-state index in [9.17, 15) is 4.39 Å². The van der Waals surface area contributed by atoms with E-state index < -0.39 is 0 Å². The molecule has 0 amide bonds. The Morgan fingerprint density at radius 3 is 2.10 bits per heavy atom. The van der Waals surface area contributed by atoms with Crippen molar-refractivity contribution in [1.29, 1.82) is 0 Å². The minimum atomic E-state index is -0.152. The molecule has 0 radical (unpaired) electrons. The molecular weight excluding hydrogens is 251 g/mol. The minimum Gasteiger partial charge on any atom is -0.304 e. The van der Waals surface area contributed by atoms with Crippen molar-refractivity contribution in [3.8, 4) is 0 Å². The van der Waals surface area contributed by atoms with Gasteiger partial charge in [-0.15, -0.1) is 0 Å². The lowest BCUT2D eigenvalue weighted by Gasteiger charge is -2.44. The van der Waals surface area contributed by atoms with Gasteiger partial charge in [0.25, 0.3) is 0 Å². The summed E-state index contributed by atoms with van der Waals surface area (Å²) in [5.74, 6) is -0.152. The van der Waals surface area contributed by atoms with Crippen LogP contribution in [0, 0.1) is 11.2 Å². The van der Waals surface area contributed by atoms with Crippen molar-refractivity contribution >= 4 is 0 Å². The van der Waals surface area contributed by atoms with Gasteiger partial charge in [0, 0.05) is 32.2 Å². The van der Waals surface area contributed by atoms with Crippen LogP contribution in [0.4, 0.5) is 4.39 Å². The second-order valence-corrected chi connectivity index (χ2v) is 7.05. The van der Waals surface area contributed by atoms with Gasteiger partial charge in [-0.25, -0.2) is 4.39 Å². The van der Waals surface area contributed by atoms with E-state index >= 15 is 0 Å². The summed E-state index contributed by atoms with van der Waals surface area (Å²) in [4.78, 5) is 4.98. The highest BCUT2D eigenvalue weighted by Crippen LogP contribution is 2.28. The van der Waals surface area contributed by atoms with Gasteiger partial charge in [0.1, 0.15) is 5.82 Å². The van der Waals surface area contributed by atoms with Gasteiger partial charge in [0.15, 0.2) is 0 Å². The molecule has 2 nitrogen and oxygen atoms in total. The summed E-state index contributed by atoms with van der Waals surface area (Å²) >= 11 is 0. The second-order valence-electron chi connectivity index (χ2n) is 7.05. The van der Waals surface area contributed by atoms with Crippen LogP contribution in [0.2, 0.25) is 0 Å². The molecule has 112 valence electrons. The molecule has 0 saturated carbocycles. The highest BCUT2D eigenvalue weighted by molar-refractivity contribution is 5.18. The Balaban J connectivity index is 2.10. The molecule has 1 heterocycles. The maximum Gasteiger partial charge on any atom is 0.123 e. The van der Waals surface area contributed by atoms with Crippen LogP contribution in [0.1, 0.15) is 26.3 Å². The predicted molar refractivity (Wildman–Crippen MR) is 82.4 cm³/mol. The molecule has 1 aromatic rings. The molecule has 2 rings (SSSR count). The van der Waals surface area contributed by atoms with Gasteiger partial charge >= 0.3 is 0 Å². The monoisotopic (exact) mass is 278 g/mol. The molecule has 0 N–H and O–H groups in total. The minimum absolute atomic E-state index is 0.152. The zero-order valence-corrected chi connectivity index (χ0v) is 13.2. The van der Waals surface area contributed by atoms with Crippen molar-refractivity contribution in [3.63, 3.8) is 0 Å². The summed E-state index contributed by atoms with van der Waals surface area (Å²) in [6, 6.07) is 7.48. The molecular formula is C17H27FN2. The highest BCUT2D eigenvalue weighted by Gasteiger charge is 2.31. The van der Waals surface area contributed by atoms with Gasteiger partial charge in [-0.1, -0.05) is 32.9 Å². The second kappa shape index (κ2) is 6.23. The van der Waals surface area contributed by atoms with Crippen molar-refractivity contribution in [1.82, 2.24) is 9.80 Å². The van der Waals surface area contributed by atoms with E-state index in [2.05, 4.69) is 37.6 Å². The van der Waals surface area contributed by atoms with E-state index in [0.29, 0.717) is 6.04 Å². The first-order chi connectivity index (χ1) is 9.36. The molecule has 1 aliphatic heterocycles. The largest absolute Gasteiger partial charge is 0.304 e. The van der Waals surface area contributed by atoms with Gasteiger partial charge in [-0.2, -0.15) is 0 Å². The smallest absolute Gasteiger partial charge is 0.123 e. The van der Waals surface area contributed by atoms with Crippen molar-refractivity contribution in [2.45, 2.75) is 33.2 Å². The van der Waals surface area contributed by atoms with Crippen molar-refractivity contribution in [2.75, 3.05) is 33.2 Å². The van der Waals surface area contributed by atoms with Crippen LogP contribution in [0.5, 0.6) is 0 Å². The van der Waals surface area contributed by atoms with E-state index in [4.69, 9.17) is 0 Å². The molecule has 3 heteroatoms. The zero-order valence-electron chi connectivity index (χ0n) is 13.2. The molecule has 20 heavy (non-hydrogen) atoms. The molecule has 1 aromatic carbocycles. The Kier molecular flexibility index (Phi) is 4.82. The standard InChI is InChI=1S/C17H27FN2/c1-17(2,3)16(20-11-9-19(4)10-12-20)13-14-5-7-15(18)8-6-14/h5-8,16H,9-13H2,1-4H3. The molecule has 0 aromatic heterocycles. The molecule has 0 bridgehead atoms. The van der Waals surface area contributed by atoms with E-state index in [1.54, 1.807) is 12.1 Å². The third kappa shape index (κ3) is 4.03. The van der Waals surface area contributed by atoms with Crippen LogP contribution in [0.25, 0.3) is 0 Å². The zero-order chi connectivity index (χ0) is 14.8. The van der Waals surface area contributed by atoms with E-state index in [1.807, 2.05) is 12.1 Å². The molecule has 1 unspecified atom stereocenters. The highest BCUT2D eigenvalue weighted by atomic mass is 19.1. The van der Waals surface area contributed by atoms with Crippen molar-refractivity contribution in [3.05, 3.63) is 35.6 Å². The lowest BCUT2D eigenvalue weighted by molar-refractivity contribution is 0.0538. The van der Waals surface area contributed by atoms with Gasteiger partial charge in [-0.3, -0.25) is 4.90 Å². The average Bonchev–Trinajstić information content (AvgIpc) is 2.38. The third-order valence-electron chi connectivity index (χ3n) is 4.32.